The first-order chi connectivity index (χ1) is 13.6. The molecule has 0 aliphatic carbocycles. The third kappa shape index (κ3) is 5.88. The zero-order valence-corrected chi connectivity index (χ0v) is 19.9. The molecular weight excluding hydrogens is 465 g/mol. The number of β-amino-alcohol motifs (C(OH)–C–C–N with tert-alkyl or cyclic N) is 1. The van der Waals surface area contributed by atoms with E-state index in [1.54, 1.807) is 17.8 Å². The van der Waals surface area contributed by atoms with Crippen LogP contribution in [-0.4, -0.2) is 72.4 Å². The Morgan fingerprint density at radius 3 is 2.23 bits per heavy atom. The smallest absolute Gasteiger partial charge is 0.116 e. The van der Waals surface area contributed by atoms with E-state index in [1.807, 2.05) is 24.3 Å². The zero-order chi connectivity index (χ0) is 19.5. The number of hydrogen-bond acceptors (Lipinski definition) is 6. The summed E-state index contributed by atoms with van der Waals surface area (Å²) in [5, 5.41) is 19.7. The van der Waals surface area contributed by atoms with Gasteiger partial charge in [-0.25, -0.2) is 0 Å². The lowest BCUT2D eigenvalue weighted by Crippen LogP contribution is -2.47. The summed E-state index contributed by atoms with van der Waals surface area (Å²) in [5.74, 6) is 0.296. The number of nitrogens with zero attached hydrogens (tertiary/aromatic N) is 3. The van der Waals surface area contributed by atoms with Crippen molar-refractivity contribution in [1.29, 1.82) is 0 Å². The molecule has 2 heterocycles. The molecule has 0 unspecified atom stereocenters. The lowest BCUT2D eigenvalue weighted by atomic mass is 10.2. The number of phenolic OH excluding ortho intramolecular Hbond substituents is 1. The first-order valence-electron chi connectivity index (χ1n) is 9.77. The fourth-order valence-electron chi connectivity index (χ4n) is 3.91. The second-order valence-corrected chi connectivity index (χ2v) is 8.80. The minimum Gasteiger partial charge on any atom is -0.508 e. The van der Waals surface area contributed by atoms with Crippen LogP contribution in [0.25, 0.3) is 0 Å². The van der Waals surface area contributed by atoms with Crippen molar-refractivity contribution >= 4 is 59.6 Å². The van der Waals surface area contributed by atoms with Crippen LogP contribution in [0.15, 0.2) is 46.2 Å². The van der Waals surface area contributed by atoms with Gasteiger partial charge in [-0.05, 0) is 49.4 Å². The van der Waals surface area contributed by atoms with Gasteiger partial charge in [-0.3, -0.25) is 4.90 Å². The molecule has 0 amide bonds. The molecular formula is C21H28Cl3N3O2S. The lowest BCUT2D eigenvalue weighted by molar-refractivity contribution is 0.112. The van der Waals surface area contributed by atoms with E-state index < -0.39 is 0 Å². The van der Waals surface area contributed by atoms with Crippen LogP contribution in [0.4, 0.5) is 11.4 Å². The standard InChI is InChI=1S/C21H26ClN3O2S.2ClH/c22-16-2-5-20-19(14-16)25(18-4-3-17(27)15-21(18)28-20)7-1-6-23-8-10-24(11-9-23)12-13-26;;/h2-5,14-15,26-27H,1,6-13H2;2*1H. The highest BCUT2D eigenvalue weighted by molar-refractivity contribution is 7.99. The van der Waals surface area contributed by atoms with Crippen molar-refractivity contribution in [2.24, 2.45) is 0 Å². The molecule has 0 saturated carbocycles. The van der Waals surface area contributed by atoms with Crippen molar-refractivity contribution in [1.82, 2.24) is 9.80 Å². The zero-order valence-electron chi connectivity index (χ0n) is 16.7. The number of aliphatic hydroxyl groups is 1. The quantitative estimate of drug-likeness (QED) is 0.619. The molecule has 2 aliphatic rings. The van der Waals surface area contributed by atoms with Gasteiger partial charge in [0.15, 0.2) is 0 Å². The largest absolute Gasteiger partial charge is 0.508 e. The third-order valence-corrected chi connectivity index (χ3v) is 6.75. The molecule has 2 aromatic carbocycles. The van der Waals surface area contributed by atoms with Crippen molar-refractivity contribution in [3.8, 4) is 5.75 Å². The predicted molar refractivity (Wildman–Crippen MR) is 130 cm³/mol. The van der Waals surface area contributed by atoms with Crippen LogP contribution in [0.2, 0.25) is 5.02 Å². The number of anilines is 2. The van der Waals surface area contributed by atoms with Crippen LogP contribution in [0.5, 0.6) is 5.75 Å². The molecule has 2 aromatic rings. The van der Waals surface area contributed by atoms with Gasteiger partial charge in [0.2, 0.25) is 0 Å². The molecule has 166 valence electrons. The normalized spacial score (nSPS) is 16.3. The van der Waals surface area contributed by atoms with Crippen LogP contribution in [0, 0.1) is 0 Å². The minimum absolute atomic E-state index is 0. The molecule has 1 fully saturated rings. The number of hydrogen-bond donors (Lipinski definition) is 2. The SMILES string of the molecule is Cl.Cl.OCCN1CCN(CCCN2c3ccc(O)cc3Sc3ccc(Cl)cc32)CC1. The lowest BCUT2D eigenvalue weighted by Gasteiger charge is -2.36. The Balaban J connectivity index is 0.00000160. The van der Waals surface area contributed by atoms with E-state index in [1.165, 1.54) is 4.90 Å². The molecule has 0 spiro atoms. The summed E-state index contributed by atoms with van der Waals surface area (Å²) in [7, 11) is 0. The number of piperazine rings is 1. The topological polar surface area (TPSA) is 50.2 Å². The number of aliphatic hydroxyl groups excluding tert-OH is 1. The fourth-order valence-corrected chi connectivity index (χ4v) is 5.19. The van der Waals surface area contributed by atoms with Crippen LogP contribution in [-0.2, 0) is 0 Å². The van der Waals surface area contributed by atoms with Crippen molar-refractivity contribution in [2.45, 2.75) is 16.2 Å². The maximum absolute atomic E-state index is 9.89. The molecule has 0 aromatic heterocycles. The summed E-state index contributed by atoms with van der Waals surface area (Å²) in [6.07, 6.45) is 1.05. The molecule has 0 atom stereocenters. The fraction of sp³-hybridized carbons (Fsp3) is 0.429. The maximum Gasteiger partial charge on any atom is 0.116 e. The van der Waals surface area contributed by atoms with Gasteiger partial charge in [0.1, 0.15) is 5.75 Å². The Kier molecular flexibility index (Phi) is 9.88. The Morgan fingerprint density at radius 2 is 1.53 bits per heavy atom. The summed E-state index contributed by atoms with van der Waals surface area (Å²) in [4.78, 5) is 9.39. The van der Waals surface area contributed by atoms with E-state index in [9.17, 15) is 5.11 Å². The Bertz CT molecular complexity index is 835. The van der Waals surface area contributed by atoms with Gasteiger partial charge in [-0.1, -0.05) is 23.4 Å². The second-order valence-electron chi connectivity index (χ2n) is 7.28. The maximum atomic E-state index is 9.89. The van der Waals surface area contributed by atoms with Crippen LogP contribution >= 0.6 is 48.2 Å². The van der Waals surface area contributed by atoms with Gasteiger partial charge in [0.05, 0.1) is 18.0 Å². The number of fused-ring (bicyclic) bond motifs is 2. The highest BCUT2D eigenvalue weighted by Crippen LogP contribution is 2.49. The molecule has 0 bridgehead atoms. The van der Waals surface area contributed by atoms with E-state index in [2.05, 4.69) is 20.8 Å². The molecule has 5 nitrogen and oxygen atoms in total. The van der Waals surface area contributed by atoms with E-state index in [0.29, 0.717) is 5.75 Å². The highest BCUT2D eigenvalue weighted by atomic mass is 35.5. The number of rotatable bonds is 6. The molecule has 9 heteroatoms. The molecule has 1 saturated heterocycles. The molecule has 4 rings (SSSR count). The molecule has 2 aliphatic heterocycles. The molecule has 0 radical (unpaired) electrons. The summed E-state index contributed by atoms with van der Waals surface area (Å²) in [6.45, 7) is 7.15. The minimum atomic E-state index is 0. The van der Waals surface area contributed by atoms with Gasteiger partial charge in [-0.15, -0.1) is 24.8 Å². The van der Waals surface area contributed by atoms with Gasteiger partial charge in [0.25, 0.3) is 0 Å². The van der Waals surface area contributed by atoms with Gasteiger partial charge in [-0.2, -0.15) is 0 Å². The average Bonchev–Trinajstić information content (AvgIpc) is 2.69. The van der Waals surface area contributed by atoms with Crippen LogP contribution < -0.4 is 4.90 Å². The molecule has 30 heavy (non-hydrogen) atoms. The highest BCUT2D eigenvalue weighted by Gasteiger charge is 2.24. The second kappa shape index (κ2) is 11.7. The van der Waals surface area contributed by atoms with E-state index in [0.717, 1.165) is 73.5 Å². The third-order valence-electron chi connectivity index (χ3n) is 5.40. The van der Waals surface area contributed by atoms with Gasteiger partial charge in [0, 0.05) is 54.1 Å². The van der Waals surface area contributed by atoms with Crippen molar-refractivity contribution < 1.29 is 10.2 Å². The number of benzene rings is 2. The first-order valence-corrected chi connectivity index (χ1v) is 11.0. The number of halogens is 3. The van der Waals surface area contributed by atoms with Crippen LogP contribution in [0.1, 0.15) is 6.42 Å². The van der Waals surface area contributed by atoms with Gasteiger partial charge < -0.3 is 20.0 Å². The van der Waals surface area contributed by atoms with E-state index in [4.69, 9.17) is 16.7 Å². The monoisotopic (exact) mass is 491 g/mol. The summed E-state index contributed by atoms with van der Waals surface area (Å²) in [6, 6.07) is 11.6. The van der Waals surface area contributed by atoms with Crippen molar-refractivity contribution in [3.63, 3.8) is 0 Å². The Hall–Kier alpha value is -0.860. The van der Waals surface area contributed by atoms with Crippen LogP contribution in [0.3, 0.4) is 0 Å². The van der Waals surface area contributed by atoms with E-state index >= 15 is 0 Å². The van der Waals surface area contributed by atoms with Gasteiger partial charge >= 0.3 is 0 Å². The Labute approximate surface area is 199 Å². The summed E-state index contributed by atoms with van der Waals surface area (Å²) in [5.41, 5.74) is 2.27. The average molecular weight is 493 g/mol. The molecule has 2 N–H and O–H groups in total. The van der Waals surface area contributed by atoms with Crippen molar-refractivity contribution in [3.05, 3.63) is 41.4 Å². The number of phenols is 1. The van der Waals surface area contributed by atoms with Crippen molar-refractivity contribution in [2.75, 3.05) is 57.3 Å². The summed E-state index contributed by atoms with van der Waals surface area (Å²) >= 11 is 7.96. The predicted octanol–water partition coefficient (Wildman–Crippen LogP) is 4.49. The first kappa shape index (κ1) is 25.4. The number of aromatic hydroxyl groups is 1. The van der Waals surface area contributed by atoms with E-state index in [-0.39, 0.29) is 31.4 Å². The summed E-state index contributed by atoms with van der Waals surface area (Å²) < 4.78 is 0. The Morgan fingerprint density at radius 1 is 0.833 bits per heavy atom.